The molecule has 1 aliphatic carbocycles. The molecule has 2 nitrogen and oxygen atoms in total. The first-order valence-electron chi connectivity index (χ1n) is 7.25. The number of rotatable bonds is 5. The second-order valence-electron chi connectivity index (χ2n) is 5.43. The molecule has 0 radical (unpaired) electrons. The molecular formula is C16H22ClNO. The summed E-state index contributed by atoms with van der Waals surface area (Å²) in [6.07, 6.45) is 7.96. The van der Waals surface area contributed by atoms with Crippen molar-refractivity contribution in [1.29, 1.82) is 0 Å². The van der Waals surface area contributed by atoms with Crippen molar-refractivity contribution in [2.24, 2.45) is 5.92 Å². The van der Waals surface area contributed by atoms with Gasteiger partial charge in [-0.05, 0) is 42.9 Å². The lowest BCUT2D eigenvalue weighted by Crippen LogP contribution is -2.28. The van der Waals surface area contributed by atoms with E-state index < -0.39 is 0 Å². The first-order chi connectivity index (χ1) is 9.24. The van der Waals surface area contributed by atoms with Crippen LogP contribution in [0.15, 0.2) is 24.3 Å². The molecule has 1 amide bonds. The Morgan fingerprint density at radius 3 is 2.53 bits per heavy atom. The van der Waals surface area contributed by atoms with Crippen LogP contribution < -0.4 is 5.32 Å². The van der Waals surface area contributed by atoms with Gasteiger partial charge < -0.3 is 5.32 Å². The Hall–Kier alpha value is -1.02. The average molecular weight is 280 g/mol. The van der Waals surface area contributed by atoms with Crippen molar-refractivity contribution in [3.63, 3.8) is 0 Å². The first kappa shape index (κ1) is 14.4. The maximum absolute atomic E-state index is 11.8. The lowest BCUT2D eigenvalue weighted by atomic mass is 9.87. The van der Waals surface area contributed by atoms with E-state index in [1.807, 2.05) is 24.3 Å². The molecule has 0 unspecified atom stereocenters. The number of carbonyl (C=O) groups is 1. The summed E-state index contributed by atoms with van der Waals surface area (Å²) in [5.74, 6) is 0.824. The molecule has 104 valence electrons. The zero-order chi connectivity index (χ0) is 13.5. The van der Waals surface area contributed by atoms with E-state index in [0.717, 1.165) is 11.4 Å². The normalized spacial score (nSPS) is 16.3. The summed E-state index contributed by atoms with van der Waals surface area (Å²) in [4.78, 5) is 11.8. The number of halogens is 1. The molecule has 0 aliphatic heterocycles. The molecule has 19 heavy (non-hydrogen) atoms. The number of carbonyl (C=O) groups excluding carboxylic acids is 1. The zero-order valence-electron chi connectivity index (χ0n) is 11.3. The van der Waals surface area contributed by atoms with Gasteiger partial charge in [0.1, 0.15) is 0 Å². The highest BCUT2D eigenvalue weighted by atomic mass is 35.5. The molecule has 0 spiro atoms. The number of hydrogen-bond acceptors (Lipinski definition) is 1. The van der Waals surface area contributed by atoms with E-state index in [0.29, 0.717) is 18.9 Å². The molecule has 1 aliphatic rings. The molecule has 1 saturated carbocycles. The van der Waals surface area contributed by atoms with Crippen LogP contribution in [0.5, 0.6) is 0 Å². The summed E-state index contributed by atoms with van der Waals surface area (Å²) in [6.45, 7) is 0.715. The van der Waals surface area contributed by atoms with Crippen molar-refractivity contribution < 1.29 is 4.79 Å². The maximum atomic E-state index is 11.8. The predicted octanol–water partition coefficient (Wildman–Crippen LogP) is 3.97. The topological polar surface area (TPSA) is 29.1 Å². The molecule has 1 aromatic rings. The van der Waals surface area contributed by atoms with Crippen molar-refractivity contribution in [2.75, 3.05) is 6.54 Å². The van der Waals surface area contributed by atoms with Gasteiger partial charge in [0.15, 0.2) is 0 Å². The number of hydrogen-bond donors (Lipinski definition) is 1. The smallest absolute Gasteiger partial charge is 0.220 e. The van der Waals surface area contributed by atoms with Crippen molar-refractivity contribution in [3.8, 4) is 0 Å². The van der Waals surface area contributed by atoms with Gasteiger partial charge in [0.05, 0.1) is 0 Å². The van der Waals surface area contributed by atoms with Crippen LogP contribution >= 0.6 is 11.6 Å². The standard InChI is InChI=1S/C16H22ClNO/c17-15-8-6-13(7-9-15)10-11-18-16(19)12-14-4-2-1-3-5-14/h6-9,14H,1-5,10-12H2,(H,18,19). The van der Waals surface area contributed by atoms with Gasteiger partial charge in [-0.2, -0.15) is 0 Å². The van der Waals surface area contributed by atoms with E-state index in [2.05, 4.69) is 5.32 Å². The maximum Gasteiger partial charge on any atom is 0.220 e. The van der Waals surface area contributed by atoms with Crippen LogP contribution in [0.1, 0.15) is 44.1 Å². The molecule has 0 aromatic heterocycles. The van der Waals surface area contributed by atoms with E-state index in [1.54, 1.807) is 0 Å². The summed E-state index contributed by atoms with van der Waals surface area (Å²) in [5.41, 5.74) is 1.21. The number of amides is 1. The van der Waals surface area contributed by atoms with Crippen LogP contribution in [0, 0.1) is 5.92 Å². The summed E-state index contributed by atoms with van der Waals surface area (Å²) < 4.78 is 0. The second-order valence-corrected chi connectivity index (χ2v) is 5.87. The van der Waals surface area contributed by atoms with E-state index in [4.69, 9.17) is 11.6 Å². The minimum Gasteiger partial charge on any atom is -0.356 e. The van der Waals surface area contributed by atoms with Crippen LogP contribution in [0.25, 0.3) is 0 Å². The van der Waals surface area contributed by atoms with Crippen molar-refractivity contribution in [1.82, 2.24) is 5.32 Å². The van der Waals surface area contributed by atoms with Crippen LogP contribution in [-0.2, 0) is 11.2 Å². The van der Waals surface area contributed by atoms with Gasteiger partial charge in [0, 0.05) is 18.0 Å². The SMILES string of the molecule is O=C(CC1CCCCC1)NCCc1ccc(Cl)cc1. The molecule has 1 fully saturated rings. The Morgan fingerprint density at radius 2 is 1.84 bits per heavy atom. The average Bonchev–Trinajstić information content (AvgIpc) is 2.42. The van der Waals surface area contributed by atoms with E-state index in [1.165, 1.54) is 37.7 Å². The van der Waals surface area contributed by atoms with Crippen LogP contribution in [0.4, 0.5) is 0 Å². The fourth-order valence-electron chi connectivity index (χ4n) is 2.72. The lowest BCUT2D eigenvalue weighted by molar-refractivity contribution is -0.122. The quantitative estimate of drug-likeness (QED) is 0.868. The minimum absolute atomic E-state index is 0.209. The third-order valence-electron chi connectivity index (χ3n) is 3.85. The Labute approximate surface area is 120 Å². The Balaban J connectivity index is 1.64. The van der Waals surface area contributed by atoms with Gasteiger partial charge in [-0.15, -0.1) is 0 Å². The summed E-state index contributed by atoms with van der Waals surface area (Å²) in [7, 11) is 0. The summed E-state index contributed by atoms with van der Waals surface area (Å²) >= 11 is 5.83. The van der Waals surface area contributed by atoms with Gasteiger partial charge in [-0.3, -0.25) is 4.79 Å². The van der Waals surface area contributed by atoms with Gasteiger partial charge in [0.25, 0.3) is 0 Å². The molecule has 0 bridgehead atoms. The largest absolute Gasteiger partial charge is 0.356 e. The highest BCUT2D eigenvalue weighted by molar-refractivity contribution is 6.30. The second kappa shape index (κ2) is 7.54. The molecule has 2 rings (SSSR count). The molecule has 1 aromatic carbocycles. The Bertz CT molecular complexity index is 396. The van der Waals surface area contributed by atoms with E-state index in [-0.39, 0.29) is 5.91 Å². The Morgan fingerprint density at radius 1 is 1.16 bits per heavy atom. The third kappa shape index (κ3) is 5.23. The van der Waals surface area contributed by atoms with E-state index >= 15 is 0 Å². The van der Waals surface area contributed by atoms with E-state index in [9.17, 15) is 4.79 Å². The summed E-state index contributed by atoms with van der Waals surface area (Å²) in [6, 6.07) is 7.80. The zero-order valence-corrected chi connectivity index (χ0v) is 12.1. The predicted molar refractivity (Wildman–Crippen MR) is 79.4 cm³/mol. The monoisotopic (exact) mass is 279 g/mol. The fraction of sp³-hybridized carbons (Fsp3) is 0.562. The summed E-state index contributed by atoms with van der Waals surface area (Å²) in [5, 5.41) is 3.78. The molecule has 0 saturated heterocycles. The molecule has 0 heterocycles. The van der Waals surface area contributed by atoms with Crippen LogP contribution in [-0.4, -0.2) is 12.5 Å². The molecule has 3 heteroatoms. The first-order valence-corrected chi connectivity index (χ1v) is 7.63. The lowest BCUT2D eigenvalue weighted by Gasteiger charge is -2.20. The number of nitrogens with one attached hydrogen (secondary N) is 1. The van der Waals surface area contributed by atoms with Crippen molar-refractivity contribution >= 4 is 17.5 Å². The van der Waals surface area contributed by atoms with Gasteiger partial charge in [-0.25, -0.2) is 0 Å². The van der Waals surface area contributed by atoms with Gasteiger partial charge in [0.2, 0.25) is 5.91 Å². The molecule has 0 atom stereocenters. The molecule has 1 N–H and O–H groups in total. The highest BCUT2D eigenvalue weighted by Crippen LogP contribution is 2.25. The Kier molecular flexibility index (Phi) is 5.71. The van der Waals surface area contributed by atoms with Crippen molar-refractivity contribution in [3.05, 3.63) is 34.9 Å². The number of benzene rings is 1. The fourth-order valence-corrected chi connectivity index (χ4v) is 2.85. The third-order valence-corrected chi connectivity index (χ3v) is 4.10. The van der Waals surface area contributed by atoms with Crippen LogP contribution in [0.3, 0.4) is 0 Å². The van der Waals surface area contributed by atoms with Crippen LogP contribution in [0.2, 0.25) is 5.02 Å². The molecular weight excluding hydrogens is 258 g/mol. The van der Waals surface area contributed by atoms with Gasteiger partial charge >= 0.3 is 0 Å². The minimum atomic E-state index is 0.209. The van der Waals surface area contributed by atoms with Crippen molar-refractivity contribution in [2.45, 2.75) is 44.9 Å². The highest BCUT2D eigenvalue weighted by Gasteiger charge is 2.16. The van der Waals surface area contributed by atoms with Gasteiger partial charge in [-0.1, -0.05) is 43.0 Å².